The van der Waals surface area contributed by atoms with Gasteiger partial charge in [-0.05, 0) is 85.4 Å². The van der Waals surface area contributed by atoms with Crippen molar-refractivity contribution in [3.05, 3.63) is 53.6 Å². The molecule has 4 heterocycles. The summed E-state index contributed by atoms with van der Waals surface area (Å²) < 4.78 is 0. The molecule has 5 aliphatic rings. The number of aromatic nitrogens is 4. The number of para-hydroxylation sites is 1. The second-order valence-corrected chi connectivity index (χ2v) is 13.3. The van der Waals surface area contributed by atoms with E-state index in [-0.39, 0.29) is 18.4 Å². The lowest BCUT2D eigenvalue weighted by atomic mass is 9.82. The number of aryl methyl sites for hydroxylation is 1. The number of rotatable bonds is 6. The van der Waals surface area contributed by atoms with Crippen molar-refractivity contribution in [1.29, 1.82) is 0 Å². The van der Waals surface area contributed by atoms with Gasteiger partial charge in [0.25, 0.3) is 5.91 Å². The van der Waals surface area contributed by atoms with E-state index < -0.39 is 18.1 Å². The summed E-state index contributed by atoms with van der Waals surface area (Å²) in [5.41, 5.74) is 4.54. The quantitative estimate of drug-likeness (QED) is 0.363. The number of nitrogens with zero attached hydrogens (tertiary/aromatic N) is 6. The Morgan fingerprint density at radius 2 is 1.70 bits per heavy atom. The van der Waals surface area contributed by atoms with Crippen molar-refractivity contribution >= 4 is 34.9 Å². The number of aliphatic imine (C=N–C) groups is 1. The molecule has 0 radical (unpaired) electrons. The highest BCUT2D eigenvalue weighted by Gasteiger charge is 2.39. The molecule has 46 heavy (non-hydrogen) atoms. The Morgan fingerprint density at radius 1 is 0.957 bits per heavy atom. The lowest BCUT2D eigenvalue weighted by molar-refractivity contribution is -0.132. The first-order valence-electron chi connectivity index (χ1n) is 16.6. The summed E-state index contributed by atoms with van der Waals surface area (Å²) in [4.78, 5) is 50.5. The maximum Gasteiger partial charge on any atom is 0.321 e. The van der Waals surface area contributed by atoms with Crippen LogP contribution in [0, 0.1) is 24.7 Å². The number of carbonyl (C=O) groups excluding carboxylic acids is 3. The Bertz CT molecular complexity index is 1610. The van der Waals surface area contributed by atoms with Crippen molar-refractivity contribution in [3.63, 3.8) is 0 Å². The average molecular weight is 624 g/mol. The third kappa shape index (κ3) is 6.25. The number of aromatic amines is 1. The normalized spacial score (nSPS) is 23.3. The second-order valence-electron chi connectivity index (χ2n) is 13.3. The molecule has 3 N–H and O–H groups in total. The summed E-state index contributed by atoms with van der Waals surface area (Å²) in [6, 6.07) is 12.5. The summed E-state index contributed by atoms with van der Waals surface area (Å²) in [5.74, 6) is 1.21. The number of carbonyl (C=O) groups is 3. The smallest absolute Gasteiger partial charge is 0.321 e. The van der Waals surface area contributed by atoms with E-state index in [0.717, 1.165) is 87.0 Å². The zero-order chi connectivity index (χ0) is 31.6. The van der Waals surface area contributed by atoms with Crippen molar-refractivity contribution in [2.75, 3.05) is 29.9 Å². The highest BCUT2D eigenvalue weighted by Crippen LogP contribution is 2.37. The van der Waals surface area contributed by atoms with Crippen LogP contribution in [-0.2, 0) is 9.59 Å². The molecule has 2 aliphatic carbocycles. The van der Waals surface area contributed by atoms with Crippen LogP contribution in [0.25, 0.3) is 11.4 Å². The number of benzodiazepines with no additional fused rings is 1. The zero-order valence-electron chi connectivity index (χ0n) is 26.2. The third-order valence-electron chi connectivity index (χ3n) is 10.1. The minimum Gasteiger partial charge on any atom is -0.341 e. The largest absolute Gasteiger partial charge is 0.341 e. The number of tetrazole rings is 1. The molecule has 2 saturated carbocycles. The predicted octanol–water partition coefficient (Wildman–Crippen LogP) is 4.69. The van der Waals surface area contributed by atoms with Crippen LogP contribution in [-0.4, -0.2) is 74.9 Å². The van der Waals surface area contributed by atoms with Crippen molar-refractivity contribution in [3.8, 4) is 11.4 Å². The number of hydrogen-bond acceptors (Lipinski definition) is 7. The van der Waals surface area contributed by atoms with Crippen molar-refractivity contribution in [1.82, 2.24) is 30.8 Å². The molecule has 1 atom stereocenters. The zero-order valence-corrected chi connectivity index (χ0v) is 26.2. The van der Waals surface area contributed by atoms with Crippen molar-refractivity contribution in [2.24, 2.45) is 22.7 Å². The first kappa shape index (κ1) is 30.1. The predicted molar refractivity (Wildman–Crippen MR) is 174 cm³/mol. The Balaban J connectivity index is 1.19. The molecule has 1 aromatic heterocycles. The van der Waals surface area contributed by atoms with Gasteiger partial charge in [0.2, 0.25) is 12.1 Å². The molecular formula is C34H41N9O3. The van der Waals surface area contributed by atoms with E-state index in [9.17, 15) is 14.4 Å². The van der Waals surface area contributed by atoms with Crippen LogP contribution in [0.4, 0.5) is 16.2 Å². The van der Waals surface area contributed by atoms with E-state index >= 15 is 0 Å². The first-order chi connectivity index (χ1) is 22.4. The Labute approximate surface area is 268 Å². The SMILES string of the molecule is Cc1cccc2c1N(CC(=O)N1CC3CCC(CC3)C1)C(=O)[C@H](NC(=O)Nc1cccc(-c3nnn[nH]3)c1)N=C2C1CCCCC1. The lowest BCUT2D eigenvalue weighted by Gasteiger charge is -2.30. The van der Waals surface area contributed by atoms with Gasteiger partial charge in [0.15, 0.2) is 5.82 Å². The van der Waals surface area contributed by atoms with Gasteiger partial charge in [0, 0.05) is 35.8 Å². The number of H-pyrrole nitrogens is 1. The van der Waals surface area contributed by atoms with E-state index in [1.807, 2.05) is 36.1 Å². The molecule has 4 fully saturated rings. The van der Waals surface area contributed by atoms with Gasteiger partial charge < -0.3 is 15.5 Å². The first-order valence-corrected chi connectivity index (χ1v) is 16.6. The molecule has 2 saturated heterocycles. The van der Waals surface area contributed by atoms with Crippen molar-refractivity contribution < 1.29 is 14.4 Å². The fourth-order valence-electron chi connectivity index (χ4n) is 7.75. The summed E-state index contributed by atoms with van der Waals surface area (Å²) in [7, 11) is 0. The van der Waals surface area contributed by atoms with Crippen LogP contribution in [0.3, 0.4) is 0 Å². The molecule has 12 nitrogen and oxygen atoms in total. The van der Waals surface area contributed by atoms with E-state index in [2.05, 4.69) is 31.3 Å². The summed E-state index contributed by atoms with van der Waals surface area (Å²) >= 11 is 0. The van der Waals surface area contributed by atoms with Gasteiger partial charge in [-0.15, -0.1) is 5.10 Å². The minimum absolute atomic E-state index is 0.0515. The van der Waals surface area contributed by atoms with Gasteiger partial charge >= 0.3 is 6.03 Å². The molecule has 4 amide bonds. The molecule has 8 rings (SSSR count). The van der Waals surface area contributed by atoms with Gasteiger partial charge in [-0.1, -0.05) is 49.6 Å². The molecule has 3 aromatic rings. The van der Waals surface area contributed by atoms with E-state index in [4.69, 9.17) is 4.99 Å². The number of fused-ring (bicyclic) bond motifs is 5. The number of hydrogen-bond donors (Lipinski definition) is 3. The Hall–Kier alpha value is -4.61. The van der Waals surface area contributed by atoms with Crippen molar-refractivity contribution in [2.45, 2.75) is 70.9 Å². The lowest BCUT2D eigenvalue weighted by Crippen LogP contribution is -2.52. The molecule has 2 aromatic carbocycles. The maximum atomic E-state index is 14.5. The third-order valence-corrected chi connectivity index (χ3v) is 10.1. The topological polar surface area (TPSA) is 149 Å². The molecule has 2 bridgehead atoms. The summed E-state index contributed by atoms with van der Waals surface area (Å²) in [5, 5.41) is 19.6. The number of urea groups is 1. The molecular weight excluding hydrogens is 582 g/mol. The molecule has 0 spiro atoms. The van der Waals surface area contributed by atoms with E-state index in [1.54, 1.807) is 23.1 Å². The molecule has 12 heteroatoms. The summed E-state index contributed by atoms with van der Waals surface area (Å²) in [6.45, 7) is 3.38. The Kier molecular flexibility index (Phi) is 8.51. The van der Waals surface area contributed by atoms with Gasteiger partial charge in [0.1, 0.15) is 6.54 Å². The molecule has 0 unspecified atom stereocenters. The van der Waals surface area contributed by atoms with Gasteiger partial charge in [-0.2, -0.15) is 0 Å². The number of amides is 4. The number of anilines is 2. The van der Waals surface area contributed by atoms with E-state index in [1.165, 1.54) is 6.42 Å². The number of nitrogens with one attached hydrogen (secondary N) is 3. The van der Waals surface area contributed by atoms with Gasteiger partial charge in [-0.25, -0.2) is 9.89 Å². The highest BCUT2D eigenvalue weighted by atomic mass is 16.2. The van der Waals surface area contributed by atoms with E-state index in [0.29, 0.717) is 28.9 Å². The van der Waals surface area contributed by atoms with Gasteiger partial charge in [0.05, 0.1) is 11.4 Å². The number of benzene rings is 2. The highest BCUT2D eigenvalue weighted by molar-refractivity contribution is 6.16. The van der Waals surface area contributed by atoms with Crippen LogP contribution in [0.15, 0.2) is 47.5 Å². The summed E-state index contributed by atoms with van der Waals surface area (Å²) in [6.07, 6.45) is 8.76. The Morgan fingerprint density at radius 3 is 2.41 bits per heavy atom. The van der Waals surface area contributed by atoms with Crippen LogP contribution in [0.1, 0.15) is 68.9 Å². The van der Waals surface area contributed by atoms with Crippen LogP contribution >= 0.6 is 0 Å². The fraction of sp³-hybridized carbons (Fsp3) is 0.500. The van der Waals surface area contributed by atoms with Crippen LogP contribution < -0.4 is 15.5 Å². The maximum absolute atomic E-state index is 14.5. The minimum atomic E-state index is -1.20. The second kappa shape index (κ2) is 13.0. The van der Waals surface area contributed by atoms with Crippen LogP contribution in [0.5, 0.6) is 0 Å². The van der Waals surface area contributed by atoms with Gasteiger partial charge in [-0.3, -0.25) is 19.5 Å². The fourth-order valence-corrected chi connectivity index (χ4v) is 7.75. The molecule has 240 valence electrons. The standard InChI is InChI=1S/C34H41N9O3/c1-21-7-5-12-27-29(24-8-3-2-4-9-24)36-32(37-34(46)35-26-11-6-10-25(17-26)31-38-40-41-39-31)33(45)43(30(21)27)20-28(44)42-18-22-13-14-23(19-42)16-15-22/h5-7,10-12,17,22-24,32H,2-4,8-9,13-16,18-20H2,1H3,(H2,35,37,46)(H,38,39,40,41)/t22?,23?,32-/m0/s1. The monoisotopic (exact) mass is 623 g/mol. The molecule has 3 aliphatic heterocycles. The van der Waals surface area contributed by atoms with Crippen LogP contribution in [0.2, 0.25) is 0 Å². The average Bonchev–Trinajstić information content (AvgIpc) is 3.39.